The van der Waals surface area contributed by atoms with Gasteiger partial charge >= 0.3 is 0 Å². The van der Waals surface area contributed by atoms with Crippen LogP contribution < -0.4 is 0 Å². The standard InChI is InChI=1S/C11H16O2/c1-10-5-3-4-6-11(10)7-8-13-9-12-2/h3-6H,7-9H2,1-2H3. The van der Waals surface area contributed by atoms with Crippen LogP contribution in [-0.2, 0) is 15.9 Å². The summed E-state index contributed by atoms with van der Waals surface area (Å²) < 4.78 is 10.0. The van der Waals surface area contributed by atoms with E-state index in [0.717, 1.165) is 13.0 Å². The molecule has 0 aliphatic heterocycles. The zero-order valence-electron chi connectivity index (χ0n) is 8.25. The van der Waals surface area contributed by atoms with Crippen molar-refractivity contribution in [3.05, 3.63) is 35.4 Å². The SMILES string of the molecule is COCOCCc1ccccc1C. The van der Waals surface area contributed by atoms with Gasteiger partial charge in [-0.05, 0) is 24.5 Å². The van der Waals surface area contributed by atoms with E-state index < -0.39 is 0 Å². The van der Waals surface area contributed by atoms with Gasteiger partial charge in [-0.15, -0.1) is 0 Å². The lowest BCUT2D eigenvalue weighted by atomic mass is 10.1. The van der Waals surface area contributed by atoms with Gasteiger partial charge in [0.15, 0.2) is 0 Å². The third-order valence-electron chi connectivity index (χ3n) is 1.98. The molecule has 0 saturated carbocycles. The van der Waals surface area contributed by atoms with Crippen molar-refractivity contribution in [3.8, 4) is 0 Å². The molecule has 1 aromatic rings. The van der Waals surface area contributed by atoms with Gasteiger partial charge in [0.05, 0.1) is 6.61 Å². The predicted molar refractivity (Wildman–Crippen MR) is 52.7 cm³/mol. The Labute approximate surface area is 79.5 Å². The minimum absolute atomic E-state index is 0.381. The van der Waals surface area contributed by atoms with Crippen molar-refractivity contribution in [2.75, 3.05) is 20.5 Å². The van der Waals surface area contributed by atoms with Crippen molar-refractivity contribution in [2.24, 2.45) is 0 Å². The zero-order valence-corrected chi connectivity index (χ0v) is 8.25. The minimum atomic E-state index is 0.381. The summed E-state index contributed by atoms with van der Waals surface area (Å²) in [4.78, 5) is 0. The second-order valence-electron chi connectivity index (χ2n) is 2.99. The molecule has 0 fully saturated rings. The normalized spacial score (nSPS) is 10.3. The Bertz CT molecular complexity index is 246. The number of hydrogen-bond donors (Lipinski definition) is 0. The molecule has 0 aromatic heterocycles. The predicted octanol–water partition coefficient (Wildman–Crippen LogP) is 2.16. The molecule has 1 aromatic carbocycles. The third kappa shape index (κ3) is 3.57. The molecular weight excluding hydrogens is 164 g/mol. The Hall–Kier alpha value is -0.860. The first kappa shape index (κ1) is 10.2. The van der Waals surface area contributed by atoms with E-state index in [4.69, 9.17) is 9.47 Å². The van der Waals surface area contributed by atoms with Crippen LogP contribution in [0.25, 0.3) is 0 Å². The molecule has 72 valence electrons. The Kier molecular flexibility index (Phi) is 4.50. The van der Waals surface area contributed by atoms with Crippen LogP contribution in [0.15, 0.2) is 24.3 Å². The number of methoxy groups -OCH3 is 1. The first-order valence-corrected chi connectivity index (χ1v) is 4.46. The number of rotatable bonds is 5. The van der Waals surface area contributed by atoms with Crippen molar-refractivity contribution in [2.45, 2.75) is 13.3 Å². The van der Waals surface area contributed by atoms with Gasteiger partial charge in [-0.1, -0.05) is 24.3 Å². The topological polar surface area (TPSA) is 18.5 Å². The Morgan fingerprint density at radius 3 is 2.69 bits per heavy atom. The molecule has 0 aliphatic rings. The van der Waals surface area contributed by atoms with Gasteiger partial charge in [-0.2, -0.15) is 0 Å². The van der Waals surface area contributed by atoms with E-state index in [2.05, 4.69) is 31.2 Å². The fraction of sp³-hybridized carbons (Fsp3) is 0.455. The van der Waals surface area contributed by atoms with Crippen LogP contribution in [0.2, 0.25) is 0 Å². The van der Waals surface area contributed by atoms with Crippen LogP contribution >= 0.6 is 0 Å². The summed E-state index contributed by atoms with van der Waals surface area (Å²) in [7, 11) is 1.63. The molecule has 0 radical (unpaired) electrons. The van der Waals surface area contributed by atoms with Crippen LogP contribution in [0.1, 0.15) is 11.1 Å². The fourth-order valence-electron chi connectivity index (χ4n) is 1.21. The summed E-state index contributed by atoms with van der Waals surface area (Å²) in [6.07, 6.45) is 0.954. The number of benzene rings is 1. The third-order valence-corrected chi connectivity index (χ3v) is 1.98. The van der Waals surface area contributed by atoms with Gasteiger partial charge in [-0.25, -0.2) is 0 Å². The van der Waals surface area contributed by atoms with Crippen LogP contribution in [-0.4, -0.2) is 20.5 Å². The molecular formula is C11H16O2. The van der Waals surface area contributed by atoms with Crippen molar-refractivity contribution in [1.82, 2.24) is 0 Å². The lowest BCUT2D eigenvalue weighted by molar-refractivity contribution is -0.0291. The lowest BCUT2D eigenvalue weighted by Crippen LogP contribution is -2.02. The van der Waals surface area contributed by atoms with E-state index in [-0.39, 0.29) is 0 Å². The van der Waals surface area contributed by atoms with E-state index in [1.54, 1.807) is 7.11 Å². The molecule has 0 N–H and O–H groups in total. The molecule has 2 nitrogen and oxygen atoms in total. The van der Waals surface area contributed by atoms with Gasteiger partial charge in [0.2, 0.25) is 0 Å². The molecule has 0 unspecified atom stereocenters. The highest BCUT2D eigenvalue weighted by Gasteiger charge is 1.95. The maximum Gasteiger partial charge on any atom is 0.146 e. The largest absolute Gasteiger partial charge is 0.359 e. The van der Waals surface area contributed by atoms with E-state index in [1.165, 1.54) is 11.1 Å². The molecule has 0 heterocycles. The van der Waals surface area contributed by atoms with Crippen LogP contribution in [0.3, 0.4) is 0 Å². The lowest BCUT2D eigenvalue weighted by Gasteiger charge is -2.05. The molecule has 13 heavy (non-hydrogen) atoms. The second-order valence-corrected chi connectivity index (χ2v) is 2.99. The van der Waals surface area contributed by atoms with E-state index >= 15 is 0 Å². The van der Waals surface area contributed by atoms with Crippen molar-refractivity contribution >= 4 is 0 Å². The van der Waals surface area contributed by atoms with E-state index in [1.807, 2.05) is 0 Å². The Morgan fingerprint density at radius 1 is 1.23 bits per heavy atom. The number of hydrogen-bond acceptors (Lipinski definition) is 2. The van der Waals surface area contributed by atoms with Crippen LogP contribution in [0.4, 0.5) is 0 Å². The van der Waals surface area contributed by atoms with Gasteiger partial charge in [0.25, 0.3) is 0 Å². The second kappa shape index (κ2) is 5.73. The summed E-state index contributed by atoms with van der Waals surface area (Å²) in [5, 5.41) is 0. The molecule has 2 heteroatoms. The molecule has 0 saturated heterocycles. The van der Waals surface area contributed by atoms with Gasteiger partial charge in [0.1, 0.15) is 6.79 Å². The van der Waals surface area contributed by atoms with E-state index in [0.29, 0.717) is 6.79 Å². The summed E-state index contributed by atoms with van der Waals surface area (Å²) in [6, 6.07) is 8.35. The number of ether oxygens (including phenoxy) is 2. The van der Waals surface area contributed by atoms with Crippen molar-refractivity contribution < 1.29 is 9.47 Å². The maximum absolute atomic E-state index is 5.22. The van der Waals surface area contributed by atoms with Crippen LogP contribution in [0.5, 0.6) is 0 Å². The molecule has 0 atom stereocenters. The smallest absolute Gasteiger partial charge is 0.146 e. The summed E-state index contributed by atoms with van der Waals surface area (Å²) >= 11 is 0. The summed E-state index contributed by atoms with van der Waals surface area (Å²) in [6.45, 7) is 3.22. The average molecular weight is 180 g/mol. The quantitative estimate of drug-likeness (QED) is 0.510. The van der Waals surface area contributed by atoms with Crippen molar-refractivity contribution in [1.29, 1.82) is 0 Å². The zero-order chi connectivity index (χ0) is 9.52. The van der Waals surface area contributed by atoms with Gasteiger partial charge < -0.3 is 9.47 Å². The molecule has 0 aliphatic carbocycles. The molecule has 0 spiro atoms. The summed E-state index contributed by atoms with van der Waals surface area (Å²) in [5.41, 5.74) is 2.67. The molecule has 1 rings (SSSR count). The van der Waals surface area contributed by atoms with Gasteiger partial charge in [0, 0.05) is 7.11 Å². The first-order chi connectivity index (χ1) is 6.34. The highest BCUT2D eigenvalue weighted by molar-refractivity contribution is 5.25. The molecule has 0 amide bonds. The highest BCUT2D eigenvalue weighted by Crippen LogP contribution is 2.07. The Morgan fingerprint density at radius 2 is 2.00 bits per heavy atom. The van der Waals surface area contributed by atoms with Gasteiger partial charge in [-0.3, -0.25) is 0 Å². The average Bonchev–Trinajstić information content (AvgIpc) is 2.15. The number of aryl methyl sites for hydroxylation is 1. The monoisotopic (exact) mass is 180 g/mol. The minimum Gasteiger partial charge on any atom is -0.359 e. The first-order valence-electron chi connectivity index (χ1n) is 4.46. The maximum atomic E-state index is 5.22. The van der Waals surface area contributed by atoms with E-state index in [9.17, 15) is 0 Å². The fourth-order valence-corrected chi connectivity index (χ4v) is 1.21. The van der Waals surface area contributed by atoms with Crippen LogP contribution in [0, 0.1) is 6.92 Å². The Balaban J connectivity index is 2.32. The van der Waals surface area contributed by atoms with Crippen molar-refractivity contribution in [3.63, 3.8) is 0 Å². The highest BCUT2D eigenvalue weighted by atomic mass is 16.7. The summed E-state index contributed by atoms with van der Waals surface area (Å²) in [5.74, 6) is 0. The molecule has 0 bridgehead atoms.